The predicted octanol–water partition coefficient (Wildman–Crippen LogP) is 1.01. The van der Waals surface area contributed by atoms with Crippen molar-refractivity contribution in [1.82, 2.24) is 15.1 Å². The van der Waals surface area contributed by atoms with Crippen molar-refractivity contribution in [1.29, 1.82) is 5.26 Å². The largest absolute Gasteiger partial charge is 0.360 e. The number of rotatable bonds is 4. The Morgan fingerprint density at radius 3 is 3.00 bits per heavy atom. The lowest BCUT2D eigenvalue weighted by Crippen LogP contribution is -2.10. The molecule has 0 unspecified atom stereocenters. The van der Waals surface area contributed by atoms with Crippen molar-refractivity contribution in [3.8, 4) is 6.07 Å². The van der Waals surface area contributed by atoms with E-state index in [-0.39, 0.29) is 0 Å². The van der Waals surface area contributed by atoms with Crippen LogP contribution >= 0.6 is 0 Å². The first-order chi connectivity index (χ1) is 8.70. The second-order valence-corrected chi connectivity index (χ2v) is 3.75. The Morgan fingerprint density at radius 1 is 1.50 bits per heavy atom. The van der Waals surface area contributed by atoms with Crippen LogP contribution < -0.4 is 10.2 Å². The van der Waals surface area contributed by atoms with E-state index in [1.54, 1.807) is 23.2 Å². The van der Waals surface area contributed by atoms with E-state index in [0.717, 1.165) is 0 Å². The predicted molar refractivity (Wildman–Crippen MR) is 64.9 cm³/mol. The van der Waals surface area contributed by atoms with Crippen LogP contribution in [0.2, 0.25) is 0 Å². The SMILES string of the molecule is CN(C)c1noc(CNc2ncccc2C#N)n1. The summed E-state index contributed by atoms with van der Waals surface area (Å²) in [6.07, 6.45) is 1.61. The number of nitrogens with one attached hydrogen (secondary N) is 1. The second-order valence-electron chi connectivity index (χ2n) is 3.75. The zero-order chi connectivity index (χ0) is 13.0. The van der Waals surface area contributed by atoms with Gasteiger partial charge in [-0.25, -0.2) is 4.98 Å². The first-order valence-electron chi connectivity index (χ1n) is 5.29. The lowest BCUT2D eigenvalue weighted by molar-refractivity contribution is 0.383. The molecule has 0 amide bonds. The van der Waals surface area contributed by atoms with E-state index in [9.17, 15) is 0 Å². The summed E-state index contributed by atoms with van der Waals surface area (Å²) in [7, 11) is 3.66. The van der Waals surface area contributed by atoms with Crippen LogP contribution in [-0.4, -0.2) is 29.2 Å². The Morgan fingerprint density at radius 2 is 2.33 bits per heavy atom. The summed E-state index contributed by atoms with van der Waals surface area (Å²) >= 11 is 0. The Hall–Kier alpha value is -2.62. The van der Waals surface area contributed by atoms with Gasteiger partial charge in [-0.05, 0) is 17.3 Å². The zero-order valence-corrected chi connectivity index (χ0v) is 10.1. The van der Waals surface area contributed by atoms with Gasteiger partial charge in [-0.1, -0.05) is 0 Å². The van der Waals surface area contributed by atoms with Crippen LogP contribution in [0, 0.1) is 11.3 Å². The normalized spacial score (nSPS) is 9.83. The van der Waals surface area contributed by atoms with Crippen molar-refractivity contribution >= 4 is 11.8 Å². The fraction of sp³-hybridized carbons (Fsp3) is 0.273. The van der Waals surface area contributed by atoms with Gasteiger partial charge in [0.1, 0.15) is 11.9 Å². The molecule has 0 bridgehead atoms. The lowest BCUT2D eigenvalue weighted by Gasteiger charge is -2.04. The molecule has 0 fully saturated rings. The number of hydrogen-bond acceptors (Lipinski definition) is 7. The average Bonchev–Trinajstić information content (AvgIpc) is 2.85. The van der Waals surface area contributed by atoms with Crippen LogP contribution in [0.3, 0.4) is 0 Å². The molecule has 2 rings (SSSR count). The highest BCUT2D eigenvalue weighted by atomic mass is 16.5. The van der Waals surface area contributed by atoms with Crippen molar-refractivity contribution in [3.63, 3.8) is 0 Å². The molecule has 0 aliphatic rings. The van der Waals surface area contributed by atoms with Gasteiger partial charge in [0.2, 0.25) is 5.89 Å². The van der Waals surface area contributed by atoms with Gasteiger partial charge in [-0.15, -0.1) is 0 Å². The van der Waals surface area contributed by atoms with E-state index in [1.807, 2.05) is 14.1 Å². The van der Waals surface area contributed by atoms with Gasteiger partial charge in [0, 0.05) is 20.3 Å². The van der Waals surface area contributed by atoms with Gasteiger partial charge < -0.3 is 14.7 Å². The van der Waals surface area contributed by atoms with E-state index in [2.05, 4.69) is 26.5 Å². The quantitative estimate of drug-likeness (QED) is 0.858. The van der Waals surface area contributed by atoms with E-state index in [0.29, 0.717) is 29.8 Å². The summed E-state index contributed by atoms with van der Waals surface area (Å²) in [5.41, 5.74) is 0.477. The molecule has 7 heteroatoms. The summed E-state index contributed by atoms with van der Waals surface area (Å²) < 4.78 is 5.05. The van der Waals surface area contributed by atoms with Crippen molar-refractivity contribution in [2.45, 2.75) is 6.54 Å². The molecule has 2 heterocycles. The lowest BCUT2D eigenvalue weighted by atomic mass is 10.3. The molecule has 2 aromatic rings. The number of nitrogens with zero attached hydrogens (tertiary/aromatic N) is 5. The third-order valence-corrected chi connectivity index (χ3v) is 2.19. The highest BCUT2D eigenvalue weighted by Crippen LogP contribution is 2.12. The first-order valence-corrected chi connectivity index (χ1v) is 5.29. The fourth-order valence-corrected chi connectivity index (χ4v) is 1.30. The molecule has 18 heavy (non-hydrogen) atoms. The minimum Gasteiger partial charge on any atom is -0.360 e. The number of pyridine rings is 1. The Kier molecular flexibility index (Phi) is 3.38. The molecule has 0 spiro atoms. The maximum atomic E-state index is 8.90. The number of anilines is 2. The average molecular weight is 244 g/mol. The topological polar surface area (TPSA) is 90.9 Å². The minimum atomic E-state index is 0.326. The van der Waals surface area contributed by atoms with Gasteiger partial charge >= 0.3 is 0 Å². The zero-order valence-electron chi connectivity index (χ0n) is 10.1. The highest BCUT2D eigenvalue weighted by molar-refractivity contribution is 5.51. The monoisotopic (exact) mass is 244 g/mol. The van der Waals surface area contributed by atoms with Crippen LogP contribution in [0.5, 0.6) is 0 Å². The van der Waals surface area contributed by atoms with Crippen LogP contribution in [0.15, 0.2) is 22.9 Å². The molecule has 0 aliphatic heterocycles. The molecule has 2 aromatic heterocycles. The van der Waals surface area contributed by atoms with Gasteiger partial charge in [0.05, 0.1) is 12.1 Å². The molecule has 0 saturated heterocycles. The standard InChI is InChI=1S/C11H12N6O/c1-17(2)11-15-9(18-16-11)7-14-10-8(6-12)4-3-5-13-10/h3-5H,7H2,1-2H3,(H,13,14). The summed E-state index contributed by atoms with van der Waals surface area (Å²) in [6.45, 7) is 0.326. The maximum Gasteiger partial charge on any atom is 0.265 e. The summed E-state index contributed by atoms with van der Waals surface area (Å²) in [5.74, 6) is 1.45. The molecule has 0 aromatic carbocycles. The smallest absolute Gasteiger partial charge is 0.265 e. The Bertz CT molecular complexity index is 571. The van der Waals surface area contributed by atoms with Gasteiger partial charge in [0.25, 0.3) is 5.95 Å². The summed E-state index contributed by atoms with van der Waals surface area (Å²) in [6, 6.07) is 5.45. The van der Waals surface area contributed by atoms with Crippen LogP contribution in [-0.2, 0) is 6.54 Å². The van der Waals surface area contributed by atoms with Crippen molar-refractivity contribution in [2.75, 3.05) is 24.3 Å². The van der Waals surface area contributed by atoms with E-state index in [1.165, 1.54) is 0 Å². The number of aromatic nitrogens is 3. The van der Waals surface area contributed by atoms with E-state index in [4.69, 9.17) is 9.78 Å². The van der Waals surface area contributed by atoms with Crippen molar-refractivity contribution in [2.24, 2.45) is 0 Å². The van der Waals surface area contributed by atoms with Crippen LogP contribution in [0.1, 0.15) is 11.5 Å². The second kappa shape index (κ2) is 5.14. The van der Waals surface area contributed by atoms with Gasteiger partial charge in [0.15, 0.2) is 0 Å². The maximum absolute atomic E-state index is 8.90. The molecule has 0 saturated carbocycles. The fourth-order valence-electron chi connectivity index (χ4n) is 1.30. The van der Waals surface area contributed by atoms with Crippen LogP contribution in [0.25, 0.3) is 0 Å². The van der Waals surface area contributed by atoms with Crippen molar-refractivity contribution in [3.05, 3.63) is 29.8 Å². The summed E-state index contributed by atoms with van der Waals surface area (Å²) in [4.78, 5) is 9.97. The number of nitriles is 1. The molecule has 92 valence electrons. The van der Waals surface area contributed by atoms with Crippen LogP contribution in [0.4, 0.5) is 11.8 Å². The van der Waals surface area contributed by atoms with Gasteiger partial charge in [-0.3, -0.25) is 0 Å². The molecule has 7 nitrogen and oxygen atoms in total. The summed E-state index contributed by atoms with van der Waals surface area (Å²) in [5, 5.41) is 15.7. The van der Waals surface area contributed by atoms with E-state index >= 15 is 0 Å². The third-order valence-electron chi connectivity index (χ3n) is 2.19. The van der Waals surface area contributed by atoms with E-state index < -0.39 is 0 Å². The molecule has 0 atom stereocenters. The third kappa shape index (κ3) is 2.55. The van der Waals surface area contributed by atoms with Gasteiger partial charge in [-0.2, -0.15) is 10.2 Å². The molecule has 0 aliphatic carbocycles. The molecule has 0 radical (unpaired) electrons. The number of hydrogen-bond donors (Lipinski definition) is 1. The Balaban J connectivity index is 2.05. The minimum absolute atomic E-state index is 0.326. The molecular weight excluding hydrogens is 232 g/mol. The highest BCUT2D eigenvalue weighted by Gasteiger charge is 2.08. The van der Waals surface area contributed by atoms with Crippen molar-refractivity contribution < 1.29 is 4.52 Å². The Labute approximate surface area is 104 Å². The molecule has 1 N–H and O–H groups in total. The first kappa shape index (κ1) is 11.9. The molecular formula is C11H12N6O.